The molecule has 1 unspecified atom stereocenters. The Labute approximate surface area is 101 Å². The summed E-state index contributed by atoms with van der Waals surface area (Å²) in [6.07, 6.45) is -5.47. The maximum absolute atomic E-state index is 12.1. The van der Waals surface area contributed by atoms with Gasteiger partial charge in [-0.25, -0.2) is 4.68 Å². The number of alkyl halides is 3. The molecule has 1 rings (SSSR count). The van der Waals surface area contributed by atoms with Gasteiger partial charge in [-0.05, 0) is 16.8 Å². The topological polar surface area (TPSA) is 80.9 Å². The monoisotopic (exact) mass is 266 g/mol. The molecule has 0 saturated carbocycles. The molecule has 9 heteroatoms. The molecule has 1 aromatic rings. The lowest BCUT2D eigenvalue weighted by Crippen LogP contribution is -2.18. The highest BCUT2D eigenvalue weighted by Crippen LogP contribution is 2.23. The highest BCUT2D eigenvalue weighted by atomic mass is 19.4. The van der Waals surface area contributed by atoms with Gasteiger partial charge < -0.3 is 5.11 Å². The molecule has 1 heterocycles. The molecule has 0 aliphatic heterocycles. The zero-order valence-electron chi connectivity index (χ0n) is 9.68. The van der Waals surface area contributed by atoms with Crippen molar-refractivity contribution in [3.8, 4) is 0 Å². The van der Waals surface area contributed by atoms with Crippen molar-refractivity contribution >= 4 is 5.97 Å². The minimum Gasteiger partial charge on any atom is -0.481 e. The molecule has 0 aromatic carbocycles. The third kappa shape index (κ3) is 4.30. The molecule has 102 valence electrons. The number of tetrazole rings is 1. The third-order valence-electron chi connectivity index (χ3n) is 2.42. The van der Waals surface area contributed by atoms with Gasteiger partial charge in [0.25, 0.3) is 0 Å². The van der Waals surface area contributed by atoms with E-state index in [1.165, 1.54) is 4.68 Å². The van der Waals surface area contributed by atoms with E-state index in [-0.39, 0.29) is 18.7 Å². The van der Waals surface area contributed by atoms with E-state index in [0.717, 1.165) is 0 Å². The first-order valence-corrected chi connectivity index (χ1v) is 5.38. The summed E-state index contributed by atoms with van der Waals surface area (Å²) in [4.78, 5) is 10.6. The summed E-state index contributed by atoms with van der Waals surface area (Å²) in [5.41, 5.74) is 0. The molecule has 0 amide bonds. The van der Waals surface area contributed by atoms with Crippen LogP contribution in [0.25, 0.3) is 0 Å². The van der Waals surface area contributed by atoms with Gasteiger partial charge in [0.1, 0.15) is 0 Å². The maximum Gasteiger partial charge on any atom is 0.389 e. The minimum atomic E-state index is -4.29. The highest BCUT2D eigenvalue weighted by molar-refractivity contribution is 5.67. The number of aryl methyl sites for hydroxylation is 1. The van der Waals surface area contributed by atoms with E-state index in [2.05, 4.69) is 15.5 Å². The molecule has 0 bridgehead atoms. The second-order valence-electron chi connectivity index (χ2n) is 3.81. The molecule has 1 aromatic heterocycles. The summed E-state index contributed by atoms with van der Waals surface area (Å²) in [6, 6.07) is -0.527. The molecule has 6 nitrogen and oxygen atoms in total. The van der Waals surface area contributed by atoms with Crippen molar-refractivity contribution < 1.29 is 23.1 Å². The fourth-order valence-corrected chi connectivity index (χ4v) is 1.52. The van der Waals surface area contributed by atoms with Crippen LogP contribution in [0.4, 0.5) is 13.2 Å². The predicted octanol–water partition coefficient (Wildman–Crippen LogP) is 1.59. The summed E-state index contributed by atoms with van der Waals surface area (Å²) >= 11 is 0. The quantitative estimate of drug-likeness (QED) is 0.845. The Morgan fingerprint density at radius 1 is 1.50 bits per heavy atom. The second-order valence-corrected chi connectivity index (χ2v) is 3.81. The zero-order chi connectivity index (χ0) is 13.8. The summed E-state index contributed by atoms with van der Waals surface area (Å²) in [7, 11) is 0. The van der Waals surface area contributed by atoms with Crippen LogP contribution in [-0.4, -0.2) is 37.5 Å². The van der Waals surface area contributed by atoms with Crippen molar-refractivity contribution in [3.63, 3.8) is 0 Å². The van der Waals surface area contributed by atoms with Crippen molar-refractivity contribution in [2.45, 2.75) is 44.8 Å². The third-order valence-corrected chi connectivity index (χ3v) is 2.42. The molecule has 0 saturated heterocycles. The first kappa shape index (κ1) is 14.4. The number of hydrogen-bond donors (Lipinski definition) is 1. The van der Waals surface area contributed by atoms with Crippen molar-refractivity contribution in [1.82, 2.24) is 20.2 Å². The van der Waals surface area contributed by atoms with Gasteiger partial charge in [0, 0.05) is 6.42 Å². The molecule has 0 aliphatic rings. The van der Waals surface area contributed by atoms with Gasteiger partial charge in [0.2, 0.25) is 0 Å². The maximum atomic E-state index is 12.1. The predicted molar refractivity (Wildman–Crippen MR) is 53.8 cm³/mol. The van der Waals surface area contributed by atoms with Crippen molar-refractivity contribution in [1.29, 1.82) is 0 Å². The van der Waals surface area contributed by atoms with Gasteiger partial charge in [-0.15, -0.1) is 5.10 Å². The smallest absolute Gasteiger partial charge is 0.389 e. The van der Waals surface area contributed by atoms with Crippen LogP contribution in [0, 0.1) is 0 Å². The SMILES string of the molecule is CCC(CC(=O)O)n1nnnc1CCC(F)(F)F. The molecular formula is C9H13F3N4O2. The number of nitrogens with zero attached hydrogens (tertiary/aromatic N) is 4. The molecule has 0 fully saturated rings. The van der Waals surface area contributed by atoms with Crippen LogP contribution in [0.1, 0.15) is 38.1 Å². The van der Waals surface area contributed by atoms with Crippen molar-refractivity contribution in [3.05, 3.63) is 5.82 Å². The average Bonchev–Trinajstić information content (AvgIpc) is 2.69. The minimum absolute atomic E-state index is 0.0559. The van der Waals surface area contributed by atoms with E-state index in [9.17, 15) is 18.0 Å². The van der Waals surface area contributed by atoms with Crippen molar-refractivity contribution in [2.75, 3.05) is 0 Å². The van der Waals surface area contributed by atoms with Gasteiger partial charge >= 0.3 is 12.1 Å². The van der Waals surface area contributed by atoms with Gasteiger partial charge in [0.05, 0.1) is 18.9 Å². The van der Waals surface area contributed by atoms with Crippen LogP contribution >= 0.6 is 0 Å². The standard InChI is InChI=1S/C9H13F3N4O2/c1-2-6(5-8(17)18)16-7(13-14-15-16)3-4-9(10,11)12/h6H,2-5H2,1H3,(H,17,18). The lowest BCUT2D eigenvalue weighted by Gasteiger charge is -2.14. The molecule has 18 heavy (non-hydrogen) atoms. The van der Waals surface area contributed by atoms with E-state index < -0.39 is 24.6 Å². The Kier molecular flexibility index (Phi) is 4.62. The van der Waals surface area contributed by atoms with E-state index in [0.29, 0.717) is 6.42 Å². The van der Waals surface area contributed by atoms with Gasteiger partial charge in [-0.3, -0.25) is 4.79 Å². The fourth-order valence-electron chi connectivity index (χ4n) is 1.52. The normalized spacial score (nSPS) is 13.6. The van der Waals surface area contributed by atoms with Crippen LogP contribution in [0.5, 0.6) is 0 Å². The molecule has 1 N–H and O–H groups in total. The lowest BCUT2D eigenvalue weighted by molar-refractivity contribution is -0.138. The summed E-state index contributed by atoms with van der Waals surface area (Å²) in [5.74, 6) is -0.987. The van der Waals surface area contributed by atoms with Gasteiger partial charge in [-0.1, -0.05) is 6.92 Å². The summed E-state index contributed by atoms with van der Waals surface area (Å²) in [5, 5.41) is 19.1. The Hall–Kier alpha value is -1.67. The number of aromatic nitrogens is 4. The average molecular weight is 266 g/mol. The fraction of sp³-hybridized carbons (Fsp3) is 0.778. The van der Waals surface area contributed by atoms with Crippen LogP contribution in [0.15, 0.2) is 0 Å². The first-order valence-electron chi connectivity index (χ1n) is 5.38. The Bertz CT molecular complexity index is 405. The first-order chi connectivity index (χ1) is 8.33. The molecule has 0 radical (unpaired) electrons. The molecular weight excluding hydrogens is 253 g/mol. The number of carbonyl (C=O) groups is 1. The summed E-state index contributed by atoms with van der Waals surface area (Å²) in [6.45, 7) is 1.73. The summed E-state index contributed by atoms with van der Waals surface area (Å²) < 4.78 is 37.5. The zero-order valence-corrected chi connectivity index (χ0v) is 9.68. The number of carboxylic acids is 1. The Balaban J connectivity index is 2.77. The number of halogens is 3. The van der Waals surface area contributed by atoms with E-state index >= 15 is 0 Å². The number of rotatable bonds is 6. The number of hydrogen-bond acceptors (Lipinski definition) is 4. The van der Waals surface area contributed by atoms with E-state index in [1.54, 1.807) is 6.92 Å². The Morgan fingerprint density at radius 2 is 2.17 bits per heavy atom. The van der Waals surface area contributed by atoms with Crippen LogP contribution in [0.2, 0.25) is 0 Å². The number of carboxylic acid groups (broad SMARTS) is 1. The Morgan fingerprint density at radius 3 is 2.67 bits per heavy atom. The van der Waals surface area contributed by atoms with Crippen LogP contribution < -0.4 is 0 Å². The largest absolute Gasteiger partial charge is 0.481 e. The second kappa shape index (κ2) is 5.78. The van der Waals surface area contributed by atoms with E-state index in [4.69, 9.17) is 5.11 Å². The van der Waals surface area contributed by atoms with E-state index in [1.807, 2.05) is 0 Å². The molecule has 0 spiro atoms. The molecule has 0 aliphatic carbocycles. The highest BCUT2D eigenvalue weighted by Gasteiger charge is 2.28. The van der Waals surface area contributed by atoms with Crippen LogP contribution in [0.3, 0.4) is 0 Å². The van der Waals surface area contributed by atoms with Crippen molar-refractivity contribution in [2.24, 2.45) is 0 Å². The van der Waals surface area contributed by atoms with Crippen LogP contribution in [-0.2, 0) is 11.2 Å². The van der Waals surface area contributed by atoms with Gasteiger partial charge in [0.15, 0.2) is 5.82 Å². The van der Waals surface area contributed by atoms with Gasteiger partial charge in [-0.2, -0.15) is 13.2 Å². The molecule has 1 atom stereocenters. The lowest BCUT2D eigenvalue weighted by atomic mass is 10.1. The number of aliphatic carboxylic acids is 1.